The summed E-state index contributed by atoms with van der Waals surface area (Å²) in [7, 11) is -5.92. The van der Waals surface area contributed by atoms with E-state index in [1.54, 1.807) is 0 Å². The molecule has 21 heavy (non-hydrogen) atoms. The van der Waals surface area contributed by atoms with Crippen LogP contribution in [0.1, 0.15) is 10.4 Å². The summed E-state index contributed by atoms with van der Waals surface area (Å²) in [5.74, 6) is -2.42. The summed E-state index contributed by atoms with van der Waals surface area (Å²) in [4.78, 5) is 14.6. The van der Waals surface area contributed by atoms with Gasteiger partial charge in [-0.3, -0.25) is 0 Å². The number of aromatic nitrogens is 1. The lowest BCUT2D eigenvalue weighted by Crippen LogP contribution is -2.28. The van der Waals surface area contributed by atoms with Crippen LogP contribution in [0.4, 0.5) is 13.2 Å². The monoisotopic (exact) mass is 321 g/mol. The van der Waals surface area contributed by atoms with Gasteiger partial charge in [-0.05, 0) is 6.07 Å². The Hall–Kier alpha value is -2.36. The van der Waals surface area contributed by atoms with Crippen LogP contribution in [0.2, 0.25) is 0 Å². The maximum atomic E-state index is 12.2. The highest BCUT2D eigenvalue weighted by molar-refractivity contribution is 7.87. The lowest BCUT2D eigenvalue weighted by Gasteiger charge is -2.10. The number of hydrogen-bond donors (Lipinski definition) is 1. The molecule has 0 spiro atoms. The van der Waals surface area contributed by atoms with Crippen LogP contribution in [0.3, 0.4) is 0 Å². The molecular weight excluding hydrogens is 315 g/mol. The van der Waals surface area contributed by atoms with Gasteiger partial charge in [0.2, 0.25) is 5.88 Å². The molecule has 0 atom stereocenters. The van der Waals surface area contributed by atoms with Crippen molar-refractivity contribution in [2.45, 2.75) is 5.51 Å². The summed E-state index contributed by atoms with van der Waals surface area (Å²) in [6.07, 6.45) is 0. The van der Waals surface area contributed by atoms with Crippen molar-refractivity contribution < 1.29 is 35.7 Å². The summed E-state index contributed by atoms with van der Waals surface area (Å²) in [6.45, 7) is 0. The van der Waals surface area contributed by atoms with Crippen LogP contribution in [0.15, 0.2) is 30.3 Å². The Morgan fingerprint density at radius 2 is 1.86 bits per heavy atom. The smallest absolute Gasteiger partial charge is 0.478 e. The normalized spacial score (nSPS) is 12.3. The van der Waals surface area contributed by atoms with E-state index >= 15 is 0 Å². The second kappa shape index (κ2) is 4.88. The number of alkyl halides is 3. The predicted octanol–water partition coefficient (Wildman–Crippen LogP) is 2.16. The Morgan fingerprint density at radius 3 is 2.43 bits per heavy atom. The third kappa shape index (κ3) is 2.89. The first-order valence-corrected chi connectivity index (χ1v) is 6.66. The number of rotatable bonds is 3. The molecule has 2 aromatic rings. The number of halogens is 3. The zero-order valence-corrected chi connectivity index (χ0v) is 10.8. The van der Waals surface area contributed by atoms with E-state index in [0.29, 0.717) is 6.07 Å². The molecule has 0 saturated carbocycles. The molecule has 0 bridgehead atoms. The second-order valence-electron chi connectivity index (χ2n) is 3.81. The van der Waals surface area contributed by atoms with Crippen LogP contribution in [-0.4, -0.2) is 30.0 Å². The number of carboxylic acid groups (broad SMARTS) is 1. The topological polar surface area (TPSA) is 93.6 Å². The third-order valence-electron chi connectivity index (χ3n) is 2.40. The summed E-state index contributed by atoms with van der Waals surface area (Å²) in [5.41, 5.74) is -6.07. The Kier molecular flexibility index (Phi) is 3.49. The number of benzene rings is 1. The number of pyridine rings is 1. The minimum atomic E-state index is -5.92. The van der Waals surface area contributed by atoms with Crippen molar-refractivity contribution >= 4 is 27.0 Å². The number of carbonyl (C=O) groups is 1. The number of carboxylic acids is 1. The molecule has 2 rings (SSSR count). The number of nitrogens with zero attached hydrogens (tertiary/aromatic N) is 1. The van der Waals surface area contributed by atoms with Gasteiger partial charge in [0, 0.05) is 11.5 Å². The molecule has 0 aliphatic carbocycles. The molecule has 0 saturated heterocycles. The first kappa shape index (κ1) is 15.0. The fourth-order valence-corrected chi connectivity index (χ4v) is 1.94. The molecule has 6 nitrogen and oxygen atoms in total. The van der Waals surface area contributed by atoms with E-state index in [1.165, 1.54) is 24.3 Å². The van der Waals surface area contributed by atoms with Crippen LogP contribution >= 0.6 is 0 Å². The average molecular weight is 321 g/mol. The Bertz CT molecular complexity index is 816. The average Bonchev–Trinajstić information content (AvgIpc) is 2.35. The summed E-state index contributed by atoms with van der Waals surface area (Å²) < 4.78 is 62.4. The summed E-state index contributed by atoms with van der Waals surface area (Å²) in [5, 5.41) is 9.15. The number of hydrogen-bond acceptors (Lipinski definition) is 5. The Labute approximate surface area is 115 Å². The van der Waals surface area contributed by atoms with E-state index < -0.39 is 33.0 Å². The van der Waals surface area contributed by atoms with Crippen LogP contribution in [-0.2, 0) is 10.1 Å². The molecule has 0 aliphatic heterocycles. The predicted molar refractivity (Wildman–Crippen MR) is 64.3 cm³/mol. The van der Waals surface area contributed by atoms with Gasteiger partial charge in [0.15, 0.2) is 0 Å². The van der Waals surface area contributed by atoms with Crippen molar-refractivity contribution in [2.75, 3.05) is 0 Å². The van der Waals surface area contributed by atoms with Gasteiger partial charge >= 0.3 is 21.6 Å². The minimum absolute atomic E-state index is 0.00947. The van der Waals surface area contributed by atoms with E-state index in [0.717, 1.165) is 0 Å². The zero-order chi connectivity index (χ0) is 15.8. The SMILES string of the molecule is O=C(O)c1cc(OS(=O)(=O)C(F)(F)F)nc2ccccc12. The standard InChI is InChI=1S/C11H6F3NO5S/c12-11(13,14)21(18,19)20-9-5-7(10(16)17)6-3-1-2-4-8(6)15-9/h1-5H,(H,16,17). The minimum Gasteiger partial charge on any atom is -0.478 e. The zero-order valence-electron chi connectivity index (χ0n) is 9.96. The lowest BCUT2D eigenvalue weighted by atomic mass is 10.1. The second-order valence-corrected chi connectivity index (χ2v) is 5.35. The van der Waals surface area contributed by atoms with Crippen molar-refractivity contribution in [2.24, 2.45) is 0 Å². The molecule has 0 unspecified atom stereocenters. The number of fused-ring (bicyclic) bond motifs is 1. The molecular formula is C11H6F3NO5S. The quantitative estimate of drug-likeness (QED) is 0.688. The third-order valence-corrected chi connectivity index (χ3v) is 3.36. The lowest BCUT2D eigenvalue weighted by molar-refractivity contribution is -0.0501. The highest BCUT2D eigenvalue weighted by atomic mass is 32.2. The molecule has 112 valence electrons. The van der Waals surface area contributed by atoms with Gasteiger partial charge in [-0.2, -0.15) is 21.6 Å². The van der Waals surface area contributed by atoms with Crippen molar-refractivity contribution in [3.05, 3.63) is 35.9 Å². The molecule has 0 fully saturated rings. The molecule has 1 aromatic carbocycles. The maximum absolute atomic E-state index is 12.2. The first-order valence-electron chi connectivity index (χ1n) is 5.25. The van der Waals surface area contributed by atoms with Gasteiger partial charge < -0.3 is 9.29 Å². The van der Waals surface area contributed by atoms with Gasteiger partial charge in [0.25, 0.3) is 0 Å². The molecule has 1 aromatic heterocycles. The number of para-hydroxylation sites is 1. The van der Waals surface area contributed by atoms with Crippen molar-refractivity contribution in [3.63, 3.8) is 0 Å². The number of aromatic carboxylic acids is 1. The fourth-order valence-electron chi connectivity index (χ4n) is 1.53. The van der Waals surface area contributed by atoms with Crippen molar-refractivity contribution in [3.8, 4) is 5.88 Å². The van der Waals surface area contributed by atoms with E-state index in [1.807, 2.05) is 0 Å². The molecule has 10 heteroatoms. The van der Waals surface area contributed by atoms with Gasteiger partial charge in [0.1, 0.15) is 0 Å². The van der Waals surface area contributed by atoms with Gasteiger partial charge in [0.05, 0.1) is 11.1 Å². The van der Waals surface area contributed by atoms with E-state index in [4.69, 9.17) is 5.11 Å². The largest absolute Gasteiger partial charge is 0.534 e. The molecule has 0 aliphatic rings. The van der Waals surface area contributed by atoms with Crippen LogP contribution < -0.4 is 4.18 Å². The van der Waals surface area contributed by atoms with E-state index in [-0.39, 0.29) is 10.9 Å². The van der Waals surface area contributed by atoms with Gasteiger partial charge in [-0.1, -0.05) is 18.2 Å². The Morgan fingerprint density at radius 1 is 1.24 bits per heavy atom. The van der Waals surface area contributed by atoms with Crippen molar-refractivity contribution in [1.29, 1.82) is 0 Å². The maximum Gasteiger partial charge on any atom is 0.534 e. The van der Waals surface area contributed by atoms with Crippen LogP contribution in [0, 0.1) is 0 Å². The molecule has 0 radical (unpaired) electrons. The van der Waals surface area contributed by atoms with E-state index in [9.17, 15) is 26.4 Å². The molecule has 0 amide bonds. The molecule has 1 N–H and O–H groups in total. The fraction of sp³-hybridized carbons (Fsp3) is 0.0909. The summed E-state index contributed by atoms with van der Waals surface area (Å²) >= 11 is 0. The van der Waals surface area contributed by atoms with Gasteiger partial charge in [-0.25, -0.2) is 9.78 Å². The molecule has 1 heterocycles. The van der Waals surface area contributed by atoms with Crippen LogP contribution in [0.5, 0.6) is 5.88 Å². The summed E-state index contributed by atoms with van der Waals surface area (Å²) in [6, 6.07) is 6.28. The first-order chi connectivity index (χ1) is 9.62. The van der Waals surface area contributed by atoms with Gasteiger partial charge in [-0.15, -0.1) is 0 Å². The highest BCUT2D eigenvalue weighted by Gasteiger charge is 2.49. The highest BCUT2D eigenvalue weighted by Crippen LogP contribution is 2.28. The van der Waals surface area contributed by atoms with E-state index in [2.05, 4.69) is 9.17 Å². The Balaban J connectivity index is 2.59. The van der Waals surface area contributed by atoms with Crippen molar-refractivity contribution in [1.82, 2.24) is 4.98 Å². The van der Waals surface area contributed by atoms with Crippen LogP contribution in [0.25, 0.3) is 10.9 Å².